The van der Waals surface area contributed by atoms with Crippen molar-refractivity contribution in [3.8, 4) is 0 Å². The Hall–Kier alpha value is -1.72. The molecule has 1 heterocycles. The Morgan fingerprint density at radius 1 is 1.30 bits per heavy atom. The van der Waals surface area contributed by atoms with Gasteiger partial charge < -0.3 is 19.5 Å². The van der Waals surface area contributed by atoms with Crippen molar-refractivity contribution in [2.45, 2.75) is 12.5 Å². The summed E-state index contributed by atoms with van der Waals surface area (Å²) in [5.41, 5.74) is 0.929. The lowest BCUT2D eigenvalue weighted by atomic mass is 9.94. The fourth-order valence-corrected chi connectivity index (χ4v) is 2.27. The molecule has 1 aromatic carbocycles. The van der Waals surface area contributed by atoms with E-state index >= 15 is 0 Å². The average Bonchev–Trinajstić information content (AvgIpc) is 2.53. The Bertz CT molecular complexity index is 442. The molecule has 1 fully saturated rings. The quantitative estimate of drug-likeness (QED) is 0.784. The molecular formula is C15H19NO4. The van der Waals surface area contributed by atoms with Gasteiger partial charge in [0.15, 0.2) is 0 Å². The zero-order valence-electron chi connectivity index (χ0n) is 11.3. The summed E-state index contributed by atoms with van der Waals surface area (Å²) in [7, 11) is 0. The number of amides is 1. The molecule has 108 valence electrons. The van der Waals surface area contributed by atoms with E-state index in [0.29, 0.717) is 39.0 Å². The first kappa shape index (κ1) is 14.7. The summed E-state index contributed by atoms with van der Waals surface area (Å²) in [4.78, 5) is 24.9. The molecule has 0 saturated carbocycles. The van der Waals surface area contributed by atoms with Gasteiger partial charge in [0.05, 0.1) is 19.1 Å². The Balaban J connectivity index is 1.99. The maximum Gasteiger partial charge on any atom is 0.252 e. The highest BCUT2D eigenvalue weighted by Crippen LogP contribution is 2.13. The molecule has 5 nitrogen and oxygen atoms in total. The number of nitrogens with zero attached hydrogens (tertiary/aromatic N) is 1. The van der Waals surface area contributed by atoms with Crippen LogP contribution in [0, 0.1) is 5.92 Å². The van der Waals surface area contributed by atoms with Gasteiger partial charge in [0.1, 0.15) is 12.4 Å². The number of rotatable bonds is 5. The van der Waals surface area contributed by atoms with Crippen LogP contribution in [0.5, 0.6) is 0 Å². The third-order valence-corrected chi connectivity index (χ3v) is 3.47. The van der Waals surface area contributed by atoms with Gasteiger partial charge in [0.25, 0.3) is 5.91 Å². The molecule has 1 aliphatic rings. The van der Waals surface area contributed by atoms with E-state index in [2.05, 4.69) is 0 Å². The molecule has 0 aromatic heterocycles. The summed E-state index contributed by atoms with van der Waals surface area (Å²) in [6.45, 7) is 1.88. The van der Waals surface area contributed by atoms with Crippen molar-refractivity contribution >= 4 is 12.2 Å². The number of carbonyl (C=O) groups excluding carboxylic acids is 2. The maximum absolute atomic E-state index is 12.2. The predicted octanol–water partition coefficient (Wildman–Crippen LogP) is 0.264. The van der Waals surface area contributed by atoms with E-state index in [1.165, 1.54) is 0 Å². The highest BCUT2D eigenvalue weighted by Gasteiger charge is 2.30. The van der Waals surface area contributed by atoms with E-state index in [0.717, 1.165) is 5.56 Å². The summed E-state index contributed by atoms with van der Waals surface area (Å²) < 4.78 is 5.17. The lowest BCUT2D eigenvalue weighted by Crippen LogP contribution is -2.48. The van der Waals surface area contributed by atoms with Gasteiger partial charge in [-0.3, -0.25) is 4.79 Å². The van der Waals surface area contributed by atoms with Crippen LogP contribution < -0.4 is 0 Å². The predicted molar refractivity (Wildman–Crippen MR) is 73.1 cm³/mol. The third-order valence-electron chi connectivity index (χ3n) is 3.47. The summed E-state index contributed by atoms with van der Waals surface area (Å²) in [5, 5.41) is 10.1. The lowest BCUT2D eigenvalue weighted by molar-refractivity contribution is -0.148. The zero-order chi connectivity index (χ0) is 14.4. The standard InChI is InChI=1S/C15H19NO4/c17-11-13(10-12-4-2-1-3-5-12)14(18)15(19)16-6-8-20-9-7-16/h1-5,11,13-14,18H,6-10H2. The van der Waals surface area contributed by atoms with Gasteiger partial charge >= 0.3 is 0 Å². The van der Waals surface area contributed by atoms with Crippen LogP contribution in [0.3, 0.4) is 0 Å². The van der Waals surface area contributed by atoms with Crippen molar-refractivity contribution in [2.24, 2.45) is 5.92 Å². The second kappa shape index (κ2) is 7.17. The smallest absolute Gasteiger partial charge is 0.252 e. The largest absolute Gasteiger partial charge is 0.382 e. The molecule has 1 amide bonds. The van der Waals surface area contributed by atoms with Gasteiger partial charge in [-0.1, -0.05) is 30.3 Å². The first-order valence-electron chi connectivity index (χ1n) is 6.76. The molecule has 1 aliphatic heterocycles. The molecule has 2 atom stereocenters. The van der Waals surface area contributed by atoms with E-state index in [4.69, 9.17) is 4.74 Å². The fraction of sp³-hybridized carbons (Fsp3) is 0.467. The van der Waals surface area contributed by atoms with Crippen LogP contribution in [0.4, 0.5) is 0 Å². The molecule has 0 aliphatic carbocycles. The Morgan fingerprint density at radius 3 is 2.55 bits per heavy atom. The van der Waals surface area contributed by atoms with Crippen molar-refractivity contribution in [3.63, 3.8) is 0 Å². The molecule has 1 aromatic rings. The average molecular weight is 277 g/mol. The number of hydrogen-bond acceptors (Lipinski definition) is 4. The van der Waals surface area contributed by atoms with E-state index < -0.39 is 12.0 Å². The number of carbonyl (C=O) groups is 2. The maximum atomic E-state index is 12.2. The van der Waals surface area contributed by atoms with Crippen molar-refractivity contribution in [1.29, 1.82) is 0 Å². The molecular weight excluding hydrogens is 258 g/mol. The van der Waals surface area contributed by atoms with Gasteiger partial charge in [0.2, 0.25) is 0 Å². The van der Waals surface area contributed by atoms with Gasteiger partial charge in [-0.25, -0.2) is 0 Å². The van der Waals surface area contributed by atoms with Crippen LogP contribution in [0.25, 0.3) is 0 Å². The summed E-state index contributed by atoms with van der Waals surface area (Å²) in [6.07, 6.45) is -0.261. The summed E-state index contributed by atoms with van der Waals surface area (Å²) in [6, 6.07) is 9.38. The van der Waals surface area contributed by atoms with Crippen LogP contribution >= 0.6 is 0 Å². The van der Waals surface area contributed by atoms with Crippen LogP contribution in [0.1, 0.15) is 5.56 Å². The molecule has 2 unspecified atom stereocenters. The molecule has 0 radical (unpaired) electrons. The van der Waals surface area contributed by atoms with E-state index in [-0.39, 0.29) is 5.91 Å². The highest BCUT2D eigenvalue weighted by molar-refractivity contribution is 5.84. The topological polar surface area (TPSA) is 66.8 Å². The van der Waals surface area contributed by atoms with E-state index in [1.807, 2.05) is 30.3 Å². The van der Waals surface area contributed by atoms with Crippen LogP contribution in [-0.2, 0) is 20.7 Å². The van der Waals surface area contributed by atoms with Gasteiger partial charge in [-0.15, -0.1) is 0 Å². The first-order valence-corrected chi connectivity index (χ1v) is 6.76. The molecule has 0 spiro atoms. The molecule has 1 N–H and O–H groups in total. The number of aldehydes is 1. The molecule has 20 heavy (non-hydrogen) atoms. The van der Waals surface area contributed by atoms with Crippen molar-refractivity contribution in [3.05, 3.63) is 35.9 Å². The Kier molecular flexibility index (Phi) is 5.26. The van der Waals surface area contributed by atoms with Gasteiger partial charge in [-0.05, 0) is 12.0 Å². The van der Waals surface area contributed by atoms with Crippen molar-refractivity contribution < 1.29 is 19.4 Å². The molecule has 5 heteroatoms. The minimum atomic E-state index is -1.29. The second-order valence-electron chi connectivity index (χ2n) is 4.87. The minimum Gasteiger partial charge on any atom is -0.382 e. The zero-order valence-corrected chi connectivity index (χ0v) is 11.3. The lowest BCUT2D eigenvalue weighted by Gasteiger charge is -2.30. The summed E-state index contributed by atoms with van der Waals surface area (Å²) in [5.74, 6) is -1.10. The van der Waals surface area contributed by atoms with Gasteiger partial charge in [0, 0.05) is 13.1 Å². The molecule has 0 bridgehead atoms. The summed E-state index contributed by atoms with van der Waals surface area (Å²) >= 11 is 0. The number of aliphatic hydroxyl groups is 1. The van der Waals surface area contributed by atoms with Gasteiger partial charge in [-0.2, -0.15) is 0 Å². The fourth-order valence-electron chi connectivity index (χ4n) is 2.27. The number of morpholine rings is 1. The van der Waals surface area contributed by atoms with Crippen molar-refractivity contribution in [1.82, 2.24) is 4.90 Å². The molecule has 1 saturated heterocycles. The highest BCUT2D eigenvalue weighted by atomic mass is 16.5. The Labute approximate surface area is 118 Å². The number of hydrogen-bond donors (Lipinski definition) is 1. The van der Waals surface area contributed by atoms with E-state index in [1.54, 1.807) is 4.90 Å². The normalized spacial score (nSPS) is 18.4. The Morgan fingerprint density at radius 2 is 1.95 bits per heavy atom. The first-order chi connectivity index (χ1) is 9.72. The second-order valence-corrected chi connectivity index (χ2v) is 4.87. The van der Waals surface area contributed by atoms with Crippen LogP contribution in [0.15, 0.2) is 30.3 Å². The van der Waals surface area contributed by atoms with Crippen molar-refractivity contribution in [2.75, 3.05) is 26.3 Å². The van der Waals surface area contributed by atoms with Crippen LogP contribution in [-0.4, -0.2) is 54.6 Å². The number of aliphatic hydroxyl groups excluding tert-OH is 1. The van der Waals surface area contributed by atoms with Crippen LogP contribution in [0.2, 0.25) is 0 Å². The molecule has 2 rings (SSSR count). The minimum absolute atomic E-state index is 0.363. The number of ether oxygens (including phenoxy) is 1. The monoisotopic (exact) mass is 277 g/mol. The van der Waals surface area contributed by atoms with E-state index in [9.17, 15) is 14.7 Å². The SMILES string of the molecule is O=CC(Cc1ccccc1)C(O)C(=O)N1CCOCC1. The number of benzene rings is 1. The third kappa shape index (κ3) is 3.65.